The molecule has 0 bridgehead atoms. The summed E-state index contributed by atoms with van der Waals surface area (Å²) in [6.45, 7) is 1.63. The topological polar surface area (TPSA) is 71.1 Å². The van der Waals surface area contributed by atoms with Gasteiger partial charge in [0.1, 0.15) is 24.2 Å². The summed E-state index contributed by atoms with van der Waals surface area (Å²) in [5, 5.41) is 0. The molecule has 0 aliphatic rings. The van der Waals surface area contributed by atoms with Crippen LogP contribution in [0.15, 0.2) is 72.8 Å². The van der Waals surface area contributed by atoms with E-state index in [-0.39, 0.29) is 5.56 Å². The summed E-state index contributed by atoms with van der Waals surface area (Å²) in [5.74, 6) is -5.27. The Bertz CT molecular complexity index is 1340. The first-order valence-corrected chi connectivity index (χ1v) is 14.8. The lowest BCUT2D eigenvalue weighted by atomic mass is 10.0. The van der Waals surface area contributed by atoms with Gasteiger partial charge in [0, 0.05) is 0 Å². The van der Waals surface area contributed by atoms with Gasteiger partial charge in [-0.3, -0.25) is 0 Å². The van der Waals surface area contributed by atoms with Crippen molar-refractivity contribution in [2.24, 2.45) is 0 Å². The second kappa shape index (κ2) is 16.9. The van der Waals surface area contributed by atoms with Gasteiger partial charge < -0.3 is 18.9 Å². The summed E-state index contributed by atoms with van der Waals surface area (Å²) in [4.78, 5) is 24.9. The molecule has 1 atom stereocenters. The lowest BCUT2D eigenvalue weighted by Crippen LogP contribution is -2.41. The molecular formula is C34H37F5O6. The van der Waals surface area contributed by atoms with Crippen molar-refractivity contribution in [3.63, 3.8) is 0 Å². The van der Waals surface area contributed by atoms with Crippen LogP contribution < -0.4 is 9.47 Å². The number of alkyl halides is 5. The maximum Gasteiger partial charge on any atom is 0.455 e. The molecule has 0 aliphatic carbocycles. The standard InChI is InChI=1S/C34H37F5O6/c1-3-4-5-6-7-8-21-43-29-17-15-28(16-18-29)32(41)45-30-19-13-26(14-20-30)25-9-11-27(12-10-25)31(40)44-24(2)22-42-23-33(35,36)34(37,38)39/h9-20,24H,3-8,21-23H2,1-2H3/t24-/m1/s1. The zero-order valence-corrected chi connectivity index (χ0v) is 25.2. The number of hydrogen-bond acceptors (Lipinski definition) is 6. The highest BCUT2D eigenvalue weighted by Gasteiger charge is 2.57. The van der Waals surface area contributed by atoms with Crippen LogP contribution in [-0.2, 0) is 9.47 Å². The Kier molecular flexibility index (Phi) is 13.3. The lowest BCUT2D eigenvalue weighted by Gasteiger charge is -2.20. The van der Waals surface area contributed by atoms with Gasteiger partial charge in [-0.2, -0.15) is 22.0 Å². The fourth-order valence-corrected chi connectivity index (χ4v) is 4.16. The van der Waals surface area contributed by atoms with E-state index in [1.807, 2.05) is 0 Å². The fraction of sp³-hybridized carbons (Fsp3) is 0.412. The molecule has 11 heteroatoms. The van der Waals surface area contributed by atoms with Gasteiger partial charge in [0.2, 0.25) is 0 Å². The van der Waals surface area contributed by atoms with Crippen LogP contribution in [0.2, 0.25) is 0 Å². The lowest BCUT2D eigenvalue weighted by molar-refractivity contribution is -0.297. The smallest absolute Gasteiger partial charge is 0.455 e. The third kappa shape index (κ3) is 11.5. The molecule has 0 aromatic heterocycles. The van der Waals surface area contributed by atoms with Crippen LogP contribution in [0.4, 0.5) is 22.0 Å². The Labute approximate surface area is 259 Å². The van der Waals surface area contributed by atoms with Gasteiger partial charge in [-0.05, 0) is 73.0 Å². The van der Waals surface area contributed by atoms with Gasteiger partial charge in [-0.1, -0.05) is 63.3 Å². The van der Waals surface area contributed by atoms with Crippen LogP contribution in [0.3, 0.4) is 0 Å². The number of hydrogen-bond donors (Lipinski definition) is 0. The molecule has 0 saturated heterocycles. The molecular weight excluding hydrogens is 599 g/mol. The van der Waals surface area contributed by atoms with Gasteiger partial charge in [0.25, 0.3) is 0 Å². The summed E-state index contributed by atoms with van der Waals surface area (Å²) in [6.07, 6.45) is 0.276. The summed E-state index contributed by atoms with van der Waals surface area (Å²) in [5.41, 5.74) is 2.05. The number of carbonyl (C=O) groups is 2. The molecule has 0 saturated carbocycles. The number of rotatable bonds is 17. The van der Waals surface area contributed by atoms with Crippen molar-refractivity contribution in [3.8, 4) is 22.6 Å². The highest BCUT2D eigenvalue weighted by Crippen LogP contribution is 2.35. The highest BCUT2D eigenvalue weighted by atomic mass is 19.4. The minimum absolute atomic E-state index is 0.149. The van der Waals surface area contributed by atoms with Crippen molar-refractivity contribution >= 4 is 11.9 Å². The maximum absolute atomic E-state index is 12.9. The highest BCUT2D eigenvalue weighted by molar-refractivity contribution is 5.91. The molecule has 0 spiro atoms. The van der Waals surface area contributed by atoms with Crippen molar-refractivity contribution in [1.82, 2.24) is 0 Å². The van der Waals surface area contributed by atoms with Gasteiger partial charge in [-0.15, -0.1) is 0 Å². The summed E-state index contributed by atoms with van der Waals surface area (Å²) >= 11 is 0. The third-order valence-corrected chi connectivity index (χ3v) is 6.73. The number of carbonyl (C=O) groups excluding carboxylic acids is 2. The average Bonchev–Trinajstić information content (AvgIpc) is 3.00. The van der Waals surface area contributed by atoms with E-state index in [1.54, 1.807) is 60.7 Å². The Morgan fingerprint density at radius 3 is 1.80 bits per heavy atom. The fourth-order valence-electron chi connectivity index (χ4n) is 4.16. The molecule has 0 N–H and O–H groups in total. The molecule has 0 unspecified atom stereocenters. The normalized spacial score (nSPS) is 12.4. The van der Waals surface area contributed by atoms with Crippen molar-refractivity contribution in [1.29, 1.82) is 0 Å². The number of esters is 2. The van der Waals surface area contributed by atoms with Crippen molar-refractivity contribution in [2.45, 2.75) is 70.6 Å². The van der Waals surface area contributed by atoms with Crippen molar-refractivity contribution in [2.75, 3.05) is 19.8 Å². The molecule has 45 heavy (non-hydrogen) atoms. The largest absolute Gasteiger partial charge is 0.494 e. The van der Waals surface area contributed by atoms with Crippen LogP contribution in [0.1, 0.15) is 73.1 Å². The number of unbranched alkanes of at least 4 members (excludes halogenated alkanes) is 5. The maximum atomic E-state index is 12.9. The molecule has 0 radical (unpaired) electrons. The predicted octanol–water partition coefficient (Wildman–Crippen LogP) is 9.07. The average molecular weight is 637 g/mol. The first-order valence-electron chi connectivity index (χ1n) is 14.8. The third-order valence-electron chi connectivity index (χ3n) is 6.73. The van der Waals surface area contributed by atoms with Gasteiger partial charge >= 0.3 is 24.0 Å². The van der Waals surface area contributed by atoms with E-state index < -0.39 is 43.4 Å². The zero-order valence-electron chi connectivity index (χ0n) is 25.2. The Morgan fingerprint density at radius 2 is 1.20 bits per heavy atom. The molecule has 6 nitrogen and oxygen atoms in total. The minimum atomic E-state index is -5.73. The van der Waals surface area contributed by atoms with E-state index >= 15 is 0 Å². The van der Waals surface area contributed by atoms with E-state index in [0.29, 0.717) is 23.7 Å². The number of ether oxygens (including phenoxy) is 4. The second-order valence-corrected chi connectivity index (χ2v) is 10.6. The summed E-state index contributed by atoms with van der Waals surface area (Å²) in [7, 11) is 0. The first kappa shape index (κ1) is 35.5. The minimum Gasteiger partial charge on any atom is -0.494 e. The summed E-state index contributed by atoms with van der Waals surface area (Å²) in [6, 6.07) is 19.8. The molecule has 0 fully saturated rings. The van der Waals surface area contributed by atoms with Crippen LogP contribution in [0.5, 0.6) is 11.5 Å². The monoisotopic (exact) mass is 636 g/mol. The predicted molar refractivity (Wildman–Crippen MR) is 159 cm³/mol. The van der Waals surface area contributed by atoms with Crippen LogP contribution in [0.25, 0.3) is 11.1 Å². The van der Waals surface area contributed by atoms with Crippen LogP contribution in [-0.4, -0.2) is 50.0 Å². The van der Waals surface area contributed by atoms with E-state index in [4.69, 9.17) is 14.2 Å². The molecule has 244 valence electrons. The quantitative estimate of drug-likeness (QED) is 0.0637. The Hall–Kier alpha value is -3.99. The van der Waals surface area contributed by atoms with Crippen LogP contribution >= 0.6 is 0 Å². The van der Waals surface area contributed by atoms with E-state index in [9.17, 15) is 31.5 Å². The zero-order chi connectivity index (χ0) is 32.9. The molecule has 0 amide bonds. The van der Waals surface area contributed by atoms with Gasteiger partial charge in [0.15, 0.2) is 0 Å². The van der Waals surface area contributed by atoms with Gasteiger partial charge in [0.05, 0.1) is 24.3 Å². The molecule has 0 heterocycles. The van der Waals surface area contributed by atoms with Crippen molar-refractivity contribution < 1.29 is 50.5 Å². The van der Waals surface area contributed by atoms with E-state index in [1.165, 1.54) is 44.7 Å². The number of halogens is 5. The summed E-state index contributed by atoms with van der Waals surface area (Å²) < 4.78 is 83.2. The number of benzene rings is 3. The SMILES string of the molecule is CCCCCCCCOc1ccc(C(=O)Oc2ccc(-c3ccc(C(=O)O[C@H](C)COCC(F)(F)C(F)(F)F)cc3)cc2)cc1. The van der Waals surface area contributed by atoms with Crippen molar-refractivity contribution in [3.05, 3.63) is 83.9 Å². The first-order chi connectivity index (χ1) is 21.4. The Morgan fingerprint density at radius 1 is 0.689 bits per heavy atom. The molecule has 0 aliphatic heterocycles. The van der Waals surface area contributed by atoms with Gasteiger partial charge in [-0.25, -0.2) is 9.59 Å². The molecule has 3 aromatic rings. The van der Waals surface area contributed by atoms with E-state index in [0.717, 1.165) is 24.0 Å². The molecule has 3 aromatic carbocycles. The molecule has 3 rings (SSSR count). The van der Waals surface area contributed by atoms with Crippen LogP contribution in [0, 0.1) is 0 Å². The Balaban J connectivity index is 1.44. The van der Waals surface area contributed by atoms with E-state index in [2.05, 4.69) is 11.7 Å². The second-order valence-electron chi connectivity index (χ2n) is 10.6.